The Morgan fingerprint density at radius 3 is 2.29 bits per heavy atom. The van der Waals surface area contributed by atoms with E-state index < -0.39 is 11.9 Å². The minimum absolute atomic E-state index is 0.0398. The summed E-state index contributed by atoms with van der Waals surface area (Å²) >= 11 is 0. The number of nitriles is 1. The summed E-state index contributed by atoms with van der Waals surface area (Å²) in [6.45, 7) is 5.68. The number of hydrogen-bond donors (Lipinski definition) is 0. The third-order valence-corrected chi connectivity index (χ3v) is 3.12. The average molecular weight is 331 g/mol. The van der Waals surface area contributed by atoms with Gasteiger partial charge in [0, 0.05) is 12.3 Å². The van der Waals surface area contributed by atoms with Crippen molar-refractivity contribution < 1.29 is 23.8 Å². The molecule has 0 aliphatic carbocycles. The van der Waals surface area contributed by atoms with Crippen molar-refractivity contribution in [3.05, 3.63) is 29.1 Å². The van der Waals surface area contributed by atoms with E-state index in [0.29, 0.717) is 6.61 Å². The molecule has 24 heavy (non-hydrogen) atoms. The topological polar surface area (TPSA) is 103 Å². The van der Waals surface area contributed by atoms with Crippen LogP contribution in [0.1, 0.15) is 47.2 Å². The Morgan fingerprint density at radius 1 is 1.12 bits per heavy atom. The number of rotatable bonds is 6. The summed E-state index contributed by atoms with van der Waals surface area (Å²) in [7, 11) is 0. The molecule has 2 rings (SSSR count). The van der Waals surface area contributed by atoms with Crippen molar-refractivity contribution in [3.63, 3.8) is 0 Å². The molecule has 0 N–H and O–H groups in total. The van der Waals surface area contributed by atoms with E-state index in [4.69, 9.17) is 14.2 Å². The van der Waals surface area contributed by atoms with Gasteiger partial charge in [-0.2, -0.15) is 10.2 Å². The monoisotopic (exact) mass is 331 g/mol. The highest BCUT2D eigenvalue weighted by Gasteiger charge is 2.31. The molecule has 0 spiro atoms. The van der Waals surface area contributed by atoms with Gasteiger partial charge in [0.25, 0.3) is 0 Å². The van der Waals surface area contributed by atoms with Gasteiger partial charge < -0.3 is 14.2 Å². The van der Waals surface area contributed by atoms with Crippen molar-refractivity contribution in [2.24, 2.45) is 0 Å². The number of carbonyl (C=O) groups excluding carboxylic acids is 2. The van der Waals surface area contributed by atoms with Crippen molar-refractivity contribution >= 4 is 17.6 Å². The van der Waals surface area contributed by atoms with Crippen LogP contribution in [0.4, 0.5) is 0 Å². The van der Waals surface area contributed by atoms with E-state index in [1.807, 2.05) is 6.07 Å². The summed E-state index contributed by atoms with van der Waals surface area (Å²) < 4.78 is 16.7. The lowest BCUT2D eigenvalue weighted by atomic mass is 10.1. The van der Waals surface area contributed by atoms with E-state index in [9.17, 15) is 14.9 Å². The smallest absolute Gasteiger partial charge is 0.342 e. The highest BCUT2D eigenvalue weighted by atomic mass is 16.5. The number of fused-ring (bicyclic) bond motifs is 1. The van der Waals surface area contributed by atoms with Crippen molar-refractivity contribution in [3.8, 4) is 11.9 Å². The fraction of sp³-hybridized carbons (Fsp3) is 0.375. The van der Waals surface area contributed by atoms with Crippen molar-refractivity contribution in [1.29, 1.82) is 5.26 Å². The lowest BCUT2D eigenvalue weighted by molar-refractivity contribution is 0.0481. The van der Waals surface area contributed by atoms with Gasteiger partial charge in [-0.05, 0) is 20.8 Å². The molecule has 8 heteroatoms. The predicted molar refractivity (Wildman–Crippen MR) is 83.0 cm³/mol. The minimum atomic E-state index is -0.777. The molecular weight excluding hydrogens is 314 g/mol. The summed E-state index contributed by atoms with van der Waals surface area (Å²) in [5.41, 5.74) is -0.187. The quantitative estimate of drug-likeness (QED) is 0.745. The second kappa shape index (κ2) is 7.46. The van der Waals surface area contributed by atoms with Crippen LogP contribution in [0.25, 0.3) is 5.65 Å². The van der Waals surface area contributed by atoms with Crippen molar-refractivity contribution in [1.82, 2.24) is 9.38 Å². The first-order valence-corrected chi connectivity index (χ1v) is 7.51. The Labute approximate surface area is 138 Å². The molecule has 2 heterocycles. The molecular formula is C16H17N3O5. The van der Waals surface area contributed by atoms with Gasteiger partial charge in [0.1, 0.15) is 22.9 Å². The Bertz CT molecular complexity index is 819. The lowest BCUT2D eigenvalue weighted by Gasteiger charge is -2.05. The zero-order chi connectivity index (χ0) is 17.7. The van der Waals surface area contributed by atoms with E-state index in [1.54, 1.807) is 26.8 Å². The van der Waals surface area contributed by atoms with Crippen LogP contribution in [0.15, 0.2) is 12.3 Å². The fourth-order valence-electron chi connectivity index (χ4n) is 2.25. The first kappa shape index (κ1) is 17.3. The maximum Gasteiger partial charge on any atom is 0.342 e. The predicted octanol–water partition coefficient (Wildman–Crippen LogP) is 1.96. The Hall–Kier alpha value is -3.08. The summed E-state index contributed by atoms with van der Waals surface area (Å²) in [5, 5.41) is 9.44. The standard InChI is InChI=1S/C16H17N3O5/c1-4-22-11-7-8-19-10(9-17)12(15(20)23-5-2)13(14(19)18-11)16(21)24-6-3/h7-8H,4-6H2,1-3H3. The number of hydrogen-bond acceptors (Lipinski definition) is 7. The number of carbonyl (C=O) groups is 2. The Balaban J connectivity index is 2.80. The molecule has 0 saturated carbocycles. The molecule has 126 valence electrons. The molecule has 8 nitrogen and oxygen atoms in total. The maximum absolute atomic E-state index is 12.4. The van der Waals surface area contributed by atoms with Gasteiger partial charge in [-0.1, -0.05) is 0 Å². The zero-order valence-electron chi connectivity index (χ0n) is 13.7. The minimum Gasteiger partial charge on any atom is -0.478 e. The molecule has 0 unspecified atom stereocenters. The molecule has 0 aliphatic rings. The second-order valence-corrected chi connectivity index (χ2v) is 4.54. The van der Waals surface area contributed by atoms with Crippen LogP contribution in [0, 0.1) is 11.3 Å². The average Bonchev–Trinajstić information content (AvgIpc) is 2.89. The number of ether oxygens (including phenoxy) is 3. The number of nitrogens with zero attached hydrogens (tertiary/aromatic N) is 3. The number of aromatic nitrogens is 2. The largest absolute Gasteiger partial charge is 0.478 e. The first-order chi connectivity index (χ1) is 11.6. The first-order valence-electron chi connectivity index (χ1n) is 7.51. The van der Waals surface area contributed by atoms with E-state index in [1.165, 1.54) is 10.6 Å². The van der Waals surface area contributed by atoms with Gasteiger partial charge in [-0.3, -0.25) is 4.40 Å². The fourth-order valence-corrected chi connectivity index (χ4v) is 2.25. The molecule has 2 aromatic rings. The maximum atomic E-state index is 12.4. The summed E-state index contributed by atoms with van der Waals surface area (Å²) in [6.07, 6.45) is 1.51. The molecule has 0 saturated heterocycles. The van der Waals surface area contributed by atoms with Gasteiger partial charge in [0.2, 0.25) is 5.88 Å². The van der Waals surface area contributed by atoms with Crippen LogP contribution in [0.3, 0.4) is 0 Å². The molecule has 0 aliphatic heterocycles. The third kappa shape index (κ3) is 3.01. The third-order valence-electron chi connectivity index (χ3n) is 3.12. The number of esters is 2. The van der Waals surface area contributed by atoms with Crippen LogP contribution in [0.2, 0.25) is 0 Å². The van der Waals surface area contributed by atoms with Crippen LogP contribution in [-0.4, -0.2) is 41.1 Å². The normalized spacial score (nSPS) is 10.2. The van der Waals surface area contributed by atoms with E-state index >= 15 is 0 Å². The summed E-state index contributed by atoms with van der Waals surface area (Å²) in [4.78, 5) is 28.9. The van der Waals surface area contributed by atoms with Crippen LogP contribution >= 0.6 is 0 Å². The van der Waals surface area contributed by atoms with Gasteiger partial charge in [0.15, 0.2) is 5.65 Å². The molecule has 0 fully saturated rings. The van der Waals surface area contributed by atoms with Gasteiger partial charge in [0.05, 0.1) is 19.8 Å². The van der Waals surface area contributed by atoms with E-state index in [-0.39, 0.29) is 41.6 Å². The van der Waals surface area contributed by atoms with Crippen molar-refractivity contribution in [2.45, 2.75) is 20.8 Å². The van der Waals surface area contributed by atoms with Gasteiger partial charge in [-0.15, -0.1) is 0 Å². The molecule has 0 atom stereocenters. The lowest BCUT2D eigenvalue weighted by Crippen LogP contribution is -2.13. The van der Waals surface area contributed by atoms with Gasteiger partial charge in [-0.25, -0.2) is 9.59 Å². The van der Waals surface area contributed by atoms with Gasteiger partial charge >= 0.3 is 11.9 Å². The zero-order valence-corrected chi connectivity index (χ0v) is 13.7. The van der Waals surface area contributed by atoms with Crippen LogP contribution in [0.5, 0.6) is 5.88 Å². The molecule has 0 radical (unpaired) electrons. The molecule has 0 amide bonds. The molecule has 0 aromatic carbocycles. The van der Waals surface area contributed by atoms with E-state index in [2.05, 4.69) is 4.98 Å². The summed E-state index contributed by atoms with van der Waals surface area (Å²) in [5.74, 6) is -1.26. The van der Waals surface area contributed by atoms with Crippen LogP contribution in [-0.2, 0) is 9.47 Å². The molecule has 2 aromatic heterocycles. The van der Waals surface area contributed by atoms with E-state index in [0.717, 1.165) is 0 Å². The highest BCUT2D eigenvalue weighted by Crippen LogP contribution is 2.26. The van der Waals surface area contributed by atoms with Crippen molar-refractivity contribution in [2.75, 3.05) is 19.8 Å². The van der Waals surface area contributed by atoms with Crippen LogP contribution < -0.4 is 4.74 Å². The SMILES string of the molecule is CCOC(=O)c1c(C(=O)OCC)c2nc(OCC)ccn2c1C#N. The second-order valence-electron chi connectivity index (χ2n) is 4.54. The Morgan fingerprint density at radius 2 is 1.75 bits per heavy atom. The Kier molecular flexibility index (Phi) is 5.37. The highest BCUT2D eigenvalue weighted by molar-refractivity contribution is 6.09. The summed E-state index contributed by atoms with van der Waals surface area (Å²) in [6, 6.07) is 3.46. The molecule has 0 bridgehead atoms.